The fourth-order valence-corrected chi connectivity index (χ4v) is 3.50. The highest BCUT2D eigenvalue weighted by Gasteiger charge is 2.30. The molecule has 1 aromatic rings. The van der Waals surface area contributed by atoms with Crippen molar-refractivity contribution in [1.29, 1.82) is 0 Å². The van der Waals surface area contributed by atoms with Gasteiger partial charge in [-0.05, 0) is 58.2 Å². The maximum absolute atomic E-state index is 12.7. The van der Waals surface area contributed by atoms with Crippen LogP contribution in [0.4, 0.5) is 13.2 Å². The summed E-state index contributed by atoms with van der Waals surface area (Å²) in [6.45, 7) is 7.17. The summed E-state index contributed by atoms with van der Waals surface area (Å²) >= 11 is 0. The van der Waals surface area contributed by atoms with E-state index in [9.17, 15) is 13.2 Å². The predicted molar refractivity (Wildman–Crippen MR) is 99.7 cm³/mol. The molecule has 0 N–H and O–H groups in total. The summed E-state index contributed by atoms with van der Waals surface area (Å²) in [7, 11) is -0.737. The quantitative estimate of drug-likeness (QED) is 0.282. The summed E-state index contributed by atoms with van der Waals surface area (Å²) in [4.78, 5) is 0. The van der Waals surface area contributed by atoms with Crippen molar-refractivity contribution < 1.29 is 27.1 Å². The SMILES string of the molecule is CC(C)OC(O[SiH2]CCCCCc1cccc(C(F)(F)F)c1)OC(C)C. The molecule has 0 aromatic heterocycles. The third kappa shape index (κ3) is 10.3. The molecule has 0 aliphatic heterocycles. The molecule has 0 heterocycles. The molecule has 0 amide bonds. The van der Waals surface area contributed by atoms with E-state index in [4.69, 9.17) is 13.9 Å². The van der Waals surface area contributed by atoms with E-state index in [1.165, 1.54) is 12.1 Å². The minimum atomic E-state index is -4.27. The zero-order valence-corrected chi connectivity index (χ0v) is 17.6. The van der Waals surface area contributed by atoms with Crippen LogP contribution < -0.4 is 0 Å². The van der Waals surface area contributed by atoms with Gasteiger partial charge in [-0.2, -0.15) is 13.2 Å². The highest BCUT2D eigenvalue weighted by molar-refractivity contribution is 6.27. The van der Waals surface area contributed by atoms with Crippen LogP contribution in [0, 0.1) is 0 Å². The topological polar surface area (TPSA) is 27.7 Å². The Morgan fingerprint density at radius 3 is 2.19 bits per heavy atom. The average Bonchev–Trinajstić information content (AvgIpc) is 2.52. The van der Waals surface area contributed by atoms with Crippen LogP contribution in [-0.4, -0.2) is 28.4 Å². The monoisotopic (exact) mass is 392 g/mol. The van der Waals surface area contributed by atoms with Crippen molar-refractivity contribution in [3.8, 4) is 0 Å². The van der Waals surface area contributed by atoms with E-state index in [2.05, 4.69) is 0 Å². The lowest BCUT2D eigenvalue weighted by Gasteiger charge is -2.23. The molecule has 1 rings (SSSR count). The van der Waals surface area contributed by atoms with Crippen molar-refractivity contribution in [2.75, 3.05) is 0 Å². The van der Waals surface area contributed by atoms with Crippen molar-refractivity contribution in [3.63, 3.8) is 0 Å². The van der Waals surface area contributed by atoms with Gasteiger partial charge in [0.25, 0.3) is 6.48 Å². The first-order valence-corrected chi connectivity index (χ1v) is 10.8. The number of hydrogen-bond acceptors (Lipinski definition) is 3. The van der Waals surface area contributed by atoms with Gasteiger partial charge in [-0.15, -0.1) is 0 Å². The zero-order valence-electron chi connectivity index (χ0n) is 16.1. The Balaban J connectivity index is 2.20. The van der Waals surface area contributed by atoms with Gasteiger partial charge in [0.05, 0.1) is 17.8 Å². The van der Waals surface area contributed by atoms with E-state index in [1.54, 1.807) is 6.07 Å². The van der Waals surface area contributed by atoms with Crippen LogP contribution in [0.25, 0.3) is 0 Å². The van der Waals surface area contributed by atoms with Gasteiger partial charge >= 0.3 is 6.18 Å². The van der Waals surface area contributed by atoms with Gasteiger partial charge < -0.3 is 13.9 Å². The summed E-state index contributed by atoms with van der Waals surface area (Å²) in [6, 6.07) is 6.59. The van der Waals surface area contributed by atoms with Crippen LogP contribution in [0.3, 0.4) is 0 Å². The van der Waals surface area contributed by atoms with Crippen LogP contribution in [0.2, 0.25) is 6.04 Å². The van der Waals surface area contributed by atoms with Crippen LogP contribution >= 0.6 is 0 Å². The summed E-state index contributed by atoms with van der Waals surface area (Å²) in [5.41, 5.74) is 0.168. The number of hydrogen-bond donors (Lipinski definition) is 0. The molecule has 0 radical (unpaired) electrons. The molecule has 0 unspecified atom stereocenters. The largest absolute Gasteiger partial charge is 0.416 e. The lowest BCUT2D eigenvalue weighted by molar-refractivity contribution is -0.275. The highest BCUT2D eigenvalue weighted by Crippen LogP contribution is 2.29. The Hall–Kier alpha value is -0.893. The van der Waals surface area contributed by atoms with Crippen molar-refractivity contribution in [2.45, 2.75) is 84.3 Å². The Morgan fingerprint density at radius 2 is 1.62 bits per heavy atom. The Morgan fingerprint density at radius 1 is 0.962 bits per heavy atom. The second kappa shape index (κ2) is 11.7. The fourth-order valence-electron chi connectivity index (χ4n) is 2.42. The number of alkyl halides is 3. The number of halogens is 3. The van der Waals surface area contributed by atoms with Crippen molar-refractivity contribution in [3.05, 3.63) is 35.4 Å². The third-order valence-corrected chi connectivity index (χ3v) is 4.93. The molecular formula is C19H31F3O3Si. The van der Waals surface area contributed by atoms with Crippen molar-refractivity contribution >= 4 is 9.76 Å². The molecule has 0 fully saturated rings. The number of ether oxygens (including phenoxy) is 2. The van der Waals surface area contributed by atoms with E-state index in [-0.39, 0.29) is 12.2 Å². The van der Waals surface area contributed by atoms with Gasteiger partial charge in [-0.1, -0.05) is 31.0 Å². The van der Waals surface area contributed by atoms with E-state index < -0.39 is 28.0 Å². The van der Waals surface area contributed by atoms with E-state index in [0.717, 1.165) is 36.9 Å². The molecule has 0 aliphatic carbocycles. The fraction of sp³-hybridized carbons (Fsp3) is 0.684. The van der Waals surface area contributed by atoms with Gasteiger partial charge in [-0.25, -0.2) is 0 Å². The summed E-state index contributed by atoms with van der Waals surface area (Å²) in [5.74, 6) is 0. The number of aryl methyl sites for hydroxylation is 1. The lowest BCUT2D eigenvalue weighted by atomic mass is 10.0. The molecule has 0 bridgehead atoms. The van der Waals surface area contributed by atoms with Crippen molar-refractivity contribution in [1.82, 2.24) is 0 Å². The summed E-state index contributed by atoms with van der Waals surface area (Å²) in [6.07, 6.45) is -0.646. The number of benzene rings is 1. The van der Waals surface area contributed by atoms with Crippen LogP contribution in [0.5, 0.6) is 0 Å². The van der Waals surface area contributed by atoms with Crippen LogP contribution in [-0.2, 0) is 26.5 Å². The second-order valence-corrected chi connectivity index (χ2v) is 8.34. The Labute approximate surface area is 157 Å². The molecule has 1 aromatic carbocycles. The molecule has 0 spiro atoms. The average molecular weight is 393 g/mol. The molecule has 0 saturated carbocycles. The summed E-state index contributed by atoms with van der Waals surface area (Å²) < 4.78 is 55.0. The van der Waals surface area contributed by atoms with Gasteiger partial charge in [-0.3, -0.25) is 0 Å². The maximum atomic E-state index is 12.7. The molecule has 0 saturated heterocycles. The van der Waals surface area contributed by atoms with Crippen molar-refractivity contribution in [2.24, 2.45) is 0 Å². The van der Waals surface area contributed by atoms with Gasteiger partial charge in [0.1, 0.15) is 0 Å². The molecule has 26 heavy (non-hydrogen) atoms. The minimum absolute atomic E-state index is 0.0419. The first-order valence-electron chi connectivity index (χ1n) is 9.27. The second-order valence-electron chi connectivity index (χ2n) is 6.89. The van der Waals surface area contributed by atoms with Gasteiger partial charge in [0.15, 0.2) is 9.76 Å². The first-order chi connectivity index (χ1) is 12.2. The minimum Gasteiger partial charge on any atom is -0.379 e. The number of unbranched alkanes of at least 4 members (excludes halogenated alkanes) is 2. The van der Waals surface area contributed by atoms with E-state index >= 15 is 0 Å². The predicted octanol–water partition coefficient (Wildman–Crippen LogP) is 5.07. The smallest absolute Gasteiger partial charge is 0.379 e. The van der Waals surface area contributed by atoms with Crippen LogP contribution in [0.15, 0.2) is 24.3 Å². The van der Waals surface area contributed by atoms with Gasteiger partial charge in [0, 0.05) is 0 Å². The standard InChI is InChI=1S/C19H31F3O3Si/c1-14(2)23-18(24-15(3)4)25-26-12-7-5-6-9-16-10-8-11-17(13-16)19(20,21)22/h8,10-11,13-15,18H,5-7,9,12,26H2,1-4H3. The molecule has 150 valence electrons. The zero-order chi connectivity index (χ0) is 19.6. The molecule has 3 nitrogen and oxygen atoms in total. The highest BCUT2D eigenvalue weighted by atomic mass is 28.2. The lowest BCUT2D eigenvalue weighted by Crippen LogP contribution is -2.28. The van der Waals surface area contributed by atoms with E-state index in [0.29, 0.717) is 6.42 Å². The third-order valence-electron chi connectivity index (χ3n) is 3.63. The molecule has 0 atom stereocenters. The Kier molecular flexibility index (Phi) is 10.5. The summed E-state index contributed by atoms with van der Waals surface area (Å²) in [5, 5.41) is 0. The van der Waals surface area contributed by atoms with Gasteiger partial charge in [0.2, 0.25) is 0 Å². The molecular weight excluding hydrogens is 361 g/mol. The maximum Gasteiger partial charge on any atom is 0.416 e. The first kappa shape index (κ1) is 23.1. The van der Waals surface area contributed by atoms with Crippen LogP contribution in [0.1, 0.15) is 58.1 Å². The van der Waals surface area contributed by atoms with E-state index in [1.807, 2.05) is 27.7 Å². The number of rotatable bonds is 12. The normalized spacial score (nSPS) is 13.0. The molecule has 0 aliphatic rings. The Bertz CT molecular complexity index is 497. The molecule has 7 heteroatoms.